The Bertz CT molecular complexity index is 292. The molecule has 1 aromatic heterocycles. The van der Waals surface area contributed by atoms with Gasteiger partial charge in [0, 0.05) is 5.56 Å². The maximum Gasteiger partial charge on any atom is 0.136 e. The molecule has 1 heteroatoms. The molecular formula is C13H20O. The Morgan fingerprint density at radius 3 is 2.43 bits per heavy atom. The molecule has 0 spiro atoms. The Morgan fingerprint density at radius 1 is 1.43 bits per heavy atom. The van der Waals surface area contributed by atoms with Crippen LogP contribution in [0.4, 0.5) is 0 Å². The smallest absolute Gasteiger partial charge is 0.136 e. The molecule has 1 aromatic rings. The zero-order valence-corrected chi connectivity index (χ0v) is 9.63. The van der Waals surface area contributed by atoms with Crippen molar-refractivity contribution in [1.29, 1.82) is 0 Å². The topological polar surface area (TPSA) is 13.1 Å². The van der Waals surface area contributed by atoms with Gasteiger partial charge in [0.05, 0.1) is 6.26 Å². The average molecular weight is 192 g/mol. The average Bonchev–Trinajstić information content (AvgIpc) is 2.67. The molecule has 0 aliphatic carbocycles. The summed E-state index contributed by atoms with van der Waals surface area (Å²) in [6, 6.07) is 1.90. The Morgan fingerprint density at radius 2 is 2.00 bits per heavy atom. The predicted octanol–water partition coefficient (Wildman–Crippen LogP) is 4.62. The van der Waals surface area contributed by atoms with Gasteiger partial charge in [-0.05, 0) is 17.6 Å². The van der Waals surface area contributed by atoms with Crippen LogP contribution in [0, 0.1) is 5.92 Å². The lowest BCUT2D eigenvalue weighted by Crippen LogP contribution is -1.91. The van der Waals surface area contributed by atoms with Gasteiger partial charge in [0.1, 0.15) is 5.76 Å². The van der Waals surface area contributed by atoms with E-state index in [0.29, 0.717) is 5.92 Å². The summed E-state index contributed by atoms with van der Waals surface area (Å²) in [7, 11) is 0. The highest BCUT2D eigenvalue weighted by atomic mass is 16.3. The van der Waals surface area contributed by atoms with Crippen LogP contribution >= 0.6 is 0 Å². The van der Waals surface area contributed by atoms with Crippen LogP contribution in [-0.2, 0) is 0 Å². The van der Waals surface area contributed by atoms with Gasteiger partial charge < -0.3 is 4.42 Å². The second-order valence-electron chi connectivity index (χ2n) is 3.09. The fraction of sp³-hybridized carbons (Fsp3) is 0.385. The second-order valence-corrected chi connectivity index (χ2v) is 3.09. The van der Waals surface area contributed by atoms with Crippen molar-refractivity contribution >= 4 is 11.6 Å². The highest BCUT2D eigenvalue weighted by molar-refractivity contribution is 5.69. The summed E-state index contributed by atoms with van der Waals surface area (Å²) in [6.07, 6.45) is 3.45. The van der Waals surface area contributed by atoms with Crippen LogP contribution < -0.4 is 0 Å². The van der Waals surface area contributed by atoms with E-state index in [0.717, 1.165) is 16.9 Å². The first-order valence-corrected chi connectivity index (χ1v) is 5.06. The maximum absolute atomic E-state index is 5.31. The molecule has 0 unspecified atom stereocenters. The van der Waals surface area contributed by atoms with Crippen molar-refractivity contribution in [3.05, 3.63) is 36.8 Å². The van der Waals surface area contributed by atoms with Gasteiger partial charge in [-0.2, -0.15) is 0 Å². The molecule has 0 bridgehead atoms. The molecule has 0 aromatic carbocycles. The van der Waals surface area contributed by atoms with Crippen LogP contribution in [0.1, 0.15) is 39.0 Å². The van der Waals surface area contributed by atoms with Crippen LogP contribution in [0.3, 0.4) is 0 Å². The lowest BCUT2D eigenvalue weighted by atomic mass is 10.0. The highest BCUT2D eigenvalue weighted by Crippen LogP contribution is 2.25. The third kappa shape index (κ3) is 2.91. The molecule has 1 rings (SSSR count). The lowest BCUT2D eigenvalue weighted by Gasteiger charge is -2.06. The summed E-state index contributed by atoms with van der Waals surface area (Å²) in [5.41, 5.74) is 2.05. The zero-order valence-electron chi connectivity index (χ0n) is 9.63. The van der Waals surface area contributed by atoms with Gasteiger partial charge in [0.25, 0.3) is 0 Å². The van der Waals surface area contributed by atoms with Crippen molar-refractivity contribution in [2.45, 2.75) is 27.7 Å². The normalized spacial score (nSPS) is 9.21. The summed E-state index contributed by atoms with van der Waals surface area (Å²) in [4.78, 5) is 0. The minimum absolute atomic E-state index is 0.412. The van der Waals surface area contributed by atoms with Gasteiger partial charge in [0.15, 0.2) is 0 Å². The molecule has 0 N–H and O–H groups in total. The van der Waals surface area contributed by atoms with Gasteiger partial charge in [-0.3, -0.25) is 0 Å². The molecule has 0 aliphatic rings. The number of rotatable bonds is 3. The van der Waals surface area contributed by atoms with Crippen LogP contribution in [0.25, 0.3) is 11.6 Å². The van der Waals surface area contributed by atoms with E-state index in [4.69, 9.17) is 4.42 Å². The summed E-state index contributed by atoms with van der Waals surface area (Å²) in [5.74, 6) is 1.27. The van der Waals surface area contributed by atoms with Crippen LogP contribution in [-0.4, -0.2) is 0 Å². The zero-order chi connectivity index (χ0) is 11.1. The third-order valence-electron chi connectivity index (χ3n) is 1.90. The fourth-order valence-corrected chi connectivity index (χ4v) is 1.00. The van der Waals surface area contributed by atoms with E-state index in [2.05, 4.69) is 27.0 Å². The number of furan rings is 1. The Labute approximate surface area is 87.1 Å². The quantitative estimate of drug-likeness (QED) is 0.681. The first-order chi connectivity index (χ1) is 6.66. The van der Waals surface area contributed by atoms with E-state index in [1.54, 1.807) is 12.3 Å². The van der Waals surface area contributed by atoms with E-state index in [9.17, 15) is 0 Å². The molecule has 1 heterocycles. The molecule has 0 atom stereocenters. The van der Waals surface area contributed by atoms with Gasteiger partial charge in [-0.1, -0.05) is 46.9 Å². The molecule has 0 saturated carbocycles. The van der Waals surface area contributed by atoms with Gasteiger partial charge in [0.2, 0.25) is 0 Å². The number of hydrogen-bond acceptors (Lipinski definition) is 1. The Kier molecular flexibility index (Phi) is 5.70. The van der Waals surface area contributed by atoms with Crippen molar-refractivity contribution in [3.8, 4) is 0 Å². The Hall–Kier alpha value is -1.24. The van der Waals surface area contributed by atoms with Crippen molar-refractivity contribution in [2.24, 2.45) is 5.92 Å². The van der Waals surface area contributed by atoms with Crippen molar-refractivity contribution in [1.82, 2.24) is 0 Å². The molecule has 0 radical (unpaired) electrons. The molecule has 78 valence electrons. The molecule has 0 aliphatic heterocycles. The fourth-order valence-electron chi connectivity index (χ4n) is 1.00. The summed E-state index contributed by atoms with van der Waals surface area (Å²) >= 11 is 0. The third-order valence-corrected chi connectivity index (χ3v) is 1.90. The monoisotopic (exact) mass is 192 g/mol. The largest absolute Gasteiger partial charge is 0.464 e. The number of allylic oxidation sites excluding steroid dienone is 1. The SMILES string of the molecule is C=Cc1ccoc1C(=C)C(C)C.CC. The van der Waals surface area contributed by atoms with Crippen LogP contribution in [0.15, 0.2) is 29.9 Å². The first kappa shape index (κ1) is 12.8. The Balaban J connectivity index is 0.000000791. The van der Waals surface area contributed by atoms with E-state index < -0.39 is 0 Å². The molecule has 14 heavy (non-hydrogen) atoms. The van der Waals surface area contributed by atoms with E-state index in [-0.39, 0.29) is 0 Å². The van der Waals surface area contributed by atoms with Crippen LogP contribution in [0.5, 0.6) is 0 Å². The molecule has 0 amide bonds. The van der Waals surface area contributed by atoms with Gasteiger partial charge in [-0.15, -0.1) is 0 Å². The first-order valence-electron chi connectivity index (χ1n) is 5.06. The van der Waals surface area contributed by atoms with E-state index in [1.165, 1.54) is 0 Å². The van der Waals surface area contributed by atoms with Crippen LogP contribution in [0.2, 0.25) is 0 Å². The maximum atomic E-state index is 5.31. The van der Waals surface area contributed by atoms with E-state index in [1.807, 2.05) is 19.9 Å². The summed E-state index contributed by atoms with van der Waals surface area (Å²) < 4.78 is 5.31. The molecule has 0 fully saturated rings. The second kappa shape index (κ2) is 6.25. The summed E-state index contributed by atoms with van der Waals surface area (Å²) in [5, 5.41) is 0. The van der Waals surface area contributed by atoms with Crippen molar-refractivity contribution in [2.75, 3.05) is 0 Å². The molecular weight excluding hydrogens is 172 g/mol. The number of hydrogen-bond donors (Lipinski definition) is 0. The van der Waals surface area contributed by atoms with Gasteiger partial charge >= 0.3 is 0 Å². The summed E-state index contributed by atoms with van der Waals surface area (Å²) in [6.45, 7) is 15.9. The standard InChI is InChI=1S/C11H14O.C2H6/c1-5-10-6-7-12-11(10)9(4)8(2)3;1-2/h5-8H,1,4H2,2-3H3;1-2H3. The van der Waals surface area contributed by atoms with E-state index >= 15 is 0 Å². The molecule has 0 saturated heterocycles. The molecule has 1 nitrogen and oxygen atoms in total. The minimum atomic E-state index is 0.412. The van der Waals surface area contributed by atoms with Gasteiger partial charge in [-0.25, -0.2) is 0 Å². The van der Waals surface area contributed by atoms with Crippen molar-refractivity contribution in [3.63, 3.8) is 0 Å². The minimum Gasteiger partial charge on any atom is -0.464 e. The lowest BCUT2D eigenvalue weighted by molar-refractivity contribution is 0.544. The van der Waals surface area contributed by atoms with Crippen molar-refractivity contribution < 1.29 is 4.42 Å². The highest BCUT2D eigenvalue weighted by Gasteiger charge is 2.09. The predicted molar refractivity (Wildman–Crippen MR) is 64.0 cm³/mol.